The number of ether oxygens (including phenoxy) is 1. The molecular formula is C12H16FNO3. The number of carbonyl (C=O) groups is 1. The van der Waals surface area contributed by atoms with E-state index in [0.717, 1.165) is 0 Å². The maximum absolute atomic E-state index is 12.6. The second-order valence-corrected chi connectivity index (χ2v) is 3.70. The minimum absolute atomic E-state index is 0.0927. The number of rotatable bonds is 6. The fourth-order valence-electron chi connectivity index (χ4n) is 1.19. The van der Waals surface area contributed by atoms with Gasteiger partial charge in [-0.05, 0) is 31.2 Å². The second-order valence-electron chi connectivity index (χ2n) is 3.70. The number of benzene rings is 1. The Morgan fingerprint density at radius 2 is 2.12 bits per heavy atom. The van der Waals surface area contributed by atoms with Crippen LogP contribution in [0.15, 0.2) is 24.3 Å². The summed E-state index contributed by atoms with van der Waals surface area (Å²) in [5, 5.41) is 11.3. The number of hydrogen-bond donors (Lipinski definition) is 2. The molecule has 1 atom stereocenters. The number of nitrogens with one attached hydrogen (secondary N) is 1. The zero-order chi connectivity index (χ0) is 12.7. The lowest BCUT2D eigenvalue weighted by molar-refractivity contribution is -0.122. The van der Waals surface area contributed by atoms with Gasteiger partial charge < -0.3 is 15.2 Å². The van der Waals surface area contributed by atoms with E-state index in [1.807, 2.05) is 0 Å². The molecule has 0 heterocycles. The Kier molecular flexibility index (Phi) is 5.42. The van der Waals surface area contributed by atoms with Gasteiger partial charge in [0.05, 0.1) is 19.6 Å². The quantitative estimate of drug-likeness (QED) is 0.784. The van der Waals surface area contributed by atoms with Crippen LogP contribution in [0.1, 0.15) is 13.3 Å². The molecule has 0 saturated heterocycles. The molecule has 1 rings (SSSR count). The standard InChI is InChI=1S/C12H16FNO3/c1-9(8-15)14-12(16)6-7-17-11-4-2-10(13)3-5-11/h2-5,9,15H,6-8H2,1H3,(H,14,16)/t9-/m1/s1. The molecule has 1 amide bonds. The molecule has 1 aromatic carbocycles. The number of hydrogen-bond acceptors (Lipinski definition) is 3. The van der Waals surface area contributed by atoms with Crippen molar-refractivity contribution in [2.24, 2.45) is 0 Å². The van der Waals surface area contributed by atoms with E-state index in [9.17, 15) is 9.18 Å². The maximum Gasteiger partial charge on any atom is 0.223 e. The largest absolute Gasteiger partial charge is 0.493 e. The molecule has 0 unspecified atom stereocenters. The molecule has 1 aromatic rings. The predicted molar refractivity (Wildman–Crippen MR) is 61.2 cm³/mol. The Morgan fingerprint density at radius 1 is 1.47 bits per heavy atom. The lowest BCUT2D eigenvalue weighted by Crippen LogP contribution is -2.35. The van der Waals surface area contributed by atoms with Crippen molar-refractivity contribution in [3.05, 3.63) is 30.1 Å². The summed E-state index contributed by atoms with van der Waals surface area (Å²) in [5.74, 6) is 0.00920. The Morgan fingerprint density at radius 3 is 2.71 bits per heavy atom. The van der Waals surface area contributed by atoms with Gasteiger partial charge in [-0.2, -0.15) is 0 Å². The van der Waals surface area contributed by atoms with Crippen molar-refractivity contribution < 1.29 is 19.0 Å². The molecule has 17 heavy (non-hydrogen) atoms. The summed E-state index contributed by atoms with van der Waals surface area (Å²) in [6, 6.07) is 5.34. The number of carbonyl (C=O) groups excluding carboxylic acids is 1. The topological polar surface area (TPSA) is 58.6 Å². The van der Waals surface area contributed by atoms with Crippen LogP contribution >= 0.6 is 0 Å². The first-order chi connectivity index (χ1) is 8.11. The summed E-state index contributed by atoms with van der Waals surface area (Å²) in [6.07, 6.45) is 0.196. The summed E-state index contributed by atoms with van der Waals surface area (Å²) in [7, 11) is 0. The Hall–Kier alpha value is -1.62. The molecule has 2 N–H and O–H groups in total. The van der Waals surface area contributed by atoms with Gasteiger partial charge in [0.2, 0.25) is 5.91 Å². The highest BCUT2D eigenvalue weighted by Gasteiger charge is 2.06. The van der Waals surface area contributed by atoms with Crippen LogP contribution in [0.3, 0.4) is 0 Å². The Bertz CT molecular complexity index is 353. The van der Waals surface area contributed by atoms with Gasteiger partial charge >= 0.3 is 0 Å². The first-order valence-corrected chi connectivity index (χ1v) is 5.40. The van der Waals surface area contributed by atoms with Crippen LogP contribution in [0.25, 0.3) is 0 Å². The highest BCUT2D eigenvalue weighted by atomic mass is 19.1. The van der Waals surface area contributed by atoms with Gasteiger partial charge in [-0.15, -0.1) is 0 Å². The molecule has 0 spiro atoms. The van der Waals surface area contributed by atoms with Crippen LogP contribution in [0.5, 0.6) is 5.75 Å². The number of aliphatic hydroxyl groups excluding tert-OH is 1. The third-order valence-electron chi connectivity index (χ3n) is 2.09. The van der Waals surface area contributed by atoms with Crippen LogP contribution in [-0.4, -0.2) is 30.3 Å². The van der Waals surface area contributed by atoms with Crippen LogP contribution in [-0.2, 0) is 4.79 Å². The molecule has 0 aliphatic heterocycles. The van der Waals surface area contributed by atoms with E-state index in [1.54, 1.807) is 6.92 Å². The van der Waals surface area contributed by atoms with Crippen LogP contribution in [0.2, 0.25) is 0 Å². The first-order valence-electron chi connectivity index (χ1n) is 5.40. The number of halogens is 1. The van der Waals surface area contributed by atoms with E-state index in [2.05, 4.69) is 5.32 Å². The van der Waals surface area contributed by atoms with E-state index in [0.29, 0.717) is 5.75 Å². The molecule has 4 nitrogen and oxygen atoms in total. The molecule has 0 saturated carbocycles. The van der Waals surface area contributed by atoms with E-state index in [-0.39, 0.29) is 37.4 Å². The average Bonchev–Trinajstić information content (AvgIpc) is 2.31. The first kappa shape index (κ1) is 13.4. The molecule has 5 heteroatoms. The van der Waals surface area contributed by atoms with Gasteiger partial charge in [-0.25, -0.2) is 4.39 Å². The minimum Gasteiger partial charge on any atom is -0.493 e. The van der Waals surface area contributed by atoms with Crippen molar-refractivity contribution in [2.45, 2.75) is 19.4 Å². The van der Waals surface area contributed by atoms with Crippen molar-refractivity contribution in [2.75, 3.05) is 13.2 Å². The van der Waals surface area contributed by atoms with Gasteiger partial charge in [0.25, 0.3) is 0 Å². The summed E-state index contributed by atoms with van der Waals surface area (Å²) in [5.41, 5.74) is 0. The van der Waals surface area contributed by atoms with E-state index < -0.39 is 0 Å². The van der Waals surface area contributed by atoms with Crippen LogP contribution in [0.4, 0.5) is 4.39 Å². The van der Waals surface area contributed by atoms with Crippen molar-refractivity contribution in [3.63, 3.8) is 0 Å². The highest BCUT2D eigenvalue weighted by Crippen LogP contribution is 2.10. The zero-order valence-electron chi connectivity index (χ0n) is 9.65. The minimum atomic E-state index is -0.327. The predicted octanol–water partition coefficient (Wildman–Crippen LogP) is 1.09. The second kappa shape index (κ2) is 6.85. The number of amides is 1. The molecule has 0 fully saturated rings. The van der Waals surface area contributed by atoms with Crippen molar-refractivity contribution >= 4 is 5.91 Å². The lowest BCUT2D eigenvalue weighted by Gasteiger charge is -2.11. The van der Waals surface area contributed by atoms with Crippen LogP contribution < -0.4 is 10.1 Å². The van der Waals surface area contributed by atoms with E-state index in [4.69, 9.17) is 9.84 Å². The zero-order valence-corrected chi connectivity index (χ0v) is 9.65. The molecule has 0 radical (unpaired) electrons. The number of aliphatic hydroxyl groups is 1. The van der Waals surface area contributed by atoms with Crippen molar-refractivity contribution in [1.82, 2.24) is 5.32 Å². The summed E-state index contributed by atoms with van der Waals surface area (Å²) < 4.78 is 17.8. The summed E-state index contributed by atoms with van der Waals surface area (Å²) >= 11 is 0. The smallest absolute Gasteiger partial charge is 0.223 e. The van der Waals surface area contributed by atoms with E-state index >= 15 is 0 Å². The van der Waals surface area contributed by atoms with E-state index in [1.165, 1.54) is 24.3 Å². The third kappa shape index (κ3) is 5.31. The average molecular weight is 241 g/mol. The van der Waals surface area contributed by atoms with Crippen molar-refractivity contribution in [1.29, 1.82) is 0 Å². The molecule has 0 aliphatic carbocycles. The Balaban J connectivity index is 2.23. The third-order valence-corrected chi connectivity index (χ3v) is 2.09. The van der Waals surface area contributed by atoms with Crippen LogP contribution in [0, 0.1) is 5.82 Å². The van der Waals surface area contributed by atoms with Gasteiger partial charge in [0.15, 0.2) is 0 Å². The van der Waals surface area contributed by atoms with Gasteiger partial charge in [-0.3, -0.25) is 4.79 Å². The molecule has 0 aromatic heterocycles. The molecule has 94 valence electrons. The molecular weight excluding hydrogens is 225 g/mol. The normalized spacial score (nSPS) is 11.9. The monoisotopic (exact) mass is 241 g/mol. The molecule has 0 aliphatic rings. The van der Waals surface area contributed by atoms with Gasteiger partial charge in [0, 0.05) is 6.04 Å². The fraction of sp³-hybridized carbons (Fsp3) is 0.417. The van der Waals surface area contributed by atoms with Crippen molar-refractivity contribution in [3.8, 4) is 5.75 Å². The SMILES string of the molecule is C[C@H](CO)NC(=O)CCOc1ccc(F)cc1. The highest BCUT2D eigenvalue weighted by molar-refractivity contribution is 5.76. The summed E-state index contributed by atoms with van der Waals surface area (Å²) in [4.78, 5) is 11.3. The molecule has 0 bridgehead atoms. The summed E-state index contributed by atoms with van der Waals surface area (Å²) in [6.45, 7) is 1.83. The maximum atomic E-state index is 12.6. The van der Waals surface area contributed by atoms with Gasteiger partial charge in [0.1, 0.15) is 11.6 Å². The Labute approximate surface area is 99.4 Å². The fourth-order valence-corrected chi connectivity index (χ4v) is 1.19. The lowest BCUT2D eigenvalue weighted by atomic mass is 10.3. The van der Waals surface area contributed by atoms with Gasteiger partial charge in [-0.1, -0.05) is 0 Å².